The molecule has 6 heteroatoms. The molecule has 1 amide bonds. The van der Waals surface area contributed by atoms with E-state index in [0.29, 0.717) is 11.3 Å². The maximum absolute atomic E-state index is 11.9. The van der Waals surface area contributed by atoms with Crippen LogP contribution >= 0.6 is 43.2 Å². The van der Waals surface area contributed by atoms with E-state index in [0.717, 1.165) is 8.26 Å². The lowest BCUT2D eigenvalue weighted by atomic mass is 10.0. The van der Waals surface area contributed by atoms with Crippen LogP contribution in [0.4, 0.5) is 0 Å². The molecule has 1 rings (SSSR count). The van der Waals surface area contributed by atoms with Gasteiger partial charge in [0.05, 0.1) is 20.8 Å². The van der Waals surface area contributed by atoms with Crippen LogP contribution in [0.3, 0.4) is 0 Å². The van der Waals surface area contributed by atoms with Crippen molar-refractivity contribution in [3.8, 4) is 0 Å². The van der Waals surface area contributed by atoms with E-state index >= 15 is 0 Å². The second-order valence-electron chi connectivity index (χ2n) is 3.76. The summed E-state index contributed by atoms with van der Waals surface area (Å²) in [6.45, 7) is 3.68. The predicted molar refractivity (Wildman–Crippen MR) is 73.0 cm³/mol. The second kappa shape index (κ2) is 5.62. The number of nitrogens with one attached hydrogen (secondary N) is 1. The van der Waals surface area contributed by atoms with Gasteiger partial charge in [-0.3, -0.25) is 4.79 Å². The third kappa shape index (κ3) is 3.29. The molecule has 1 heterocycles. The fourth-order valence-electron chi connectivity index (χ4n) is 1.03. The zero-order valence-electron chi connectivity index (χ0n) is 9.01. The van der Waals surface area contributed by atoms with E-state index in [9.17, 15) is 9.90 Å². The van der Waals surface area contributed by atoms with Crippen molar-refractivity contribution >= 4 is 49.1 Å². The van der Waals surface area contributed by atoms with Gasteiger partial charge < -0.3 is 10.4 Å². The van der Waals surface area contributed by atoms with Crippen LogP contribution < -0.4 is 5.32 Å². The zero-order chi connectivity index (χ0) is 12.3. The van der Waals surface area contributed by atoms with Crippen molar-refractivity contribution in [2.45, 2.75) is 25.8 Å². The van der Waals surface area contributed by atoms with Gasteiger partial charge in [0, 0.05) is 4.47 Å². The normalized spacial score (nSPS) is 14.6. The summed E-state index contributed by atoms with van der Waals surface area (Å²) in [6, 6.07) is 1.76. The first-order valence-corrected chi connectivity index (χ1v) is 7.20. The van der Waals surface area contributed by atoms with Gasteiger partial charge in [-0.25, -0.2) is 0 Å². The minimum atomic E-state index is -0.556. The number of amides is 1. The Kier molecular flexibility index (Phi) is 4.97. The average molecular weight is 371 g/mol. The fourth-order valence-corrected chi connectivity index (χ4v) is 2.96. The minimum Gasteiger partial charge on any atom is -0.394 e. The first-order valence-electron chi connectivity index (χ1n) is 4.80. The lowest BCUT2D eigenvalue weighted by Gasteiger charge is -2.26. The first-order chi connectivity index (χ1) is 7.41. The molecule has 0 aromatic carbocycles. The molecule has 3 nitrogen and oxygen atoms in total. The Labute approximate surface area is 116 Å². The summed E-state index contributed by atoms with van der Waals surface area (Å²) in [4.78, 5) is 12.5. The van der Waals surface area contributed by atoms with Gasteiger partial charge >= 0.3 is 0 Å². The number of hydrogen-bond acceptors (Lipinski definition) is 3. The highest BCUT2D eigenvalue weighted by Crippen LogP contribution is 2.32. The van der Waals surface area contributed by atoms with Crippen LogP contribution in [-0.4, -0.2) is 23.2 Å². The third-order valence-electron chi connectivity index (χ3n) is 2.41. The summed E-state index contributed by atoms with van der Waals surface area (Å²) >= 11 is 8.03. The standard InChI is InChI=1S/C10H13Br2NO2S/c1-3-10(2,5-14)13-9(15)7-4-6(11)8(12)16-7/h4,14H,3,5H2,1-2H3,(H,13,15). The number of aliphatic hydroxyl groups excluding tert-OH is 1. The van der Waals surface area contributed by atoms with E-state index < -0.39 is 5.54 Å². The van der Waals surface area contributed by atoms with Gasteiger partial charge in [0.1, 0.15) is 0 Å². The van der Waals surface area contributed by atoms with Gasteiger partial charge in [0.2, 0.25) is 0 Å². The van der Waals surface area contributed by atoms with Gasteiger partial charge in [-0.1, -0.05) is 6.92 Å². The van der Waals surface area contributed by atoms with Crippen molar-refractivity contribution in [1.29, 1.82) is 0 Å². The zero-order valence-corrected chi connectivity index (χ0v) is 13.0. The largest absolute Gasteiger partial charge is 0.394 e. The number of thiophene rings is 1. The van der Waals surface area contributed by atoms with Crippen molar-refractivity contribution in [3.05, 3.63) is 19.2 Å². The first kappa shape index (κ1) is 14.2. The Morgan fingerprint density at radius 1 is 1.62 bits per heavy atom. The second-order valence-corrected chi connectivity index (χ2v) is 6.98. The highest BCUT2D eigenvalue weighted by Gasteiger charge is 2.24. The lowest BCUT2D eigenvalue weighted by Crippen LogP contribution is -2.48. The summed E-state index contributed by atoms with van der Waals surface area (Å²) in [5, 5.41) is 12.0. The molecular weight excluding hydrogens is 358 g/mol. The summed E-state index contributed by atoms with van der Waals surface area (Å²) < 4.78 is 1.75. The highest BCUT2D eigenvalue weighted by molar-refractivity contribution is 9.13. The van der Waals surface area contributed by atoms with Crippen molar-refractivity contribution in [3.63, 3.8) is 0 Å². The molecule has 0 saturated carbocycles. The molecule has 16 heavy (non-hydrogen) atoms. The third-order valence-corrected chi connectivity index (χ3v) is 5.67. The van der Waals surface area contributed by atoms with E-state index in [4.69, 9.17) is 0 Å². The molecule has 1 unspecified atom stereocenters. The molecule has 0 aliphatic rings. The SMILES string of the molecule is CCC(C)(CO)NC(=O)c1cc(Br)c(Br)s1. The summed E-state index contributed by atoms with van der Waals surface area (Å²) in [5.41, 5.74) is -0.556. The van der Waals surface area contributed by atoms with E-state index in [1.165, 1.54) is 11.3 Å². The number of aliphatic hydroxyl groups is 1. The van der Waals surface area contributed by atoms with Gasteiger partial charge in [-0.15, -0.1) is 11.3 Å². The number of carbonyl (C=O) groups is 1. The number of halogens is 2. The van der Waals surface area contributed by atoms with Crippen LogP contribution in [0.25, 0.3) is 0 Å². The molecule has 0 fully saturated rings. The van der Waals surface area contributed by atoms with Crippen LogP contribution in [0.2, 0.25) is 0 Å². The molecule has 0 aliphatic carbocycles. The maximum atomic E-state index is 11.9. The minimum absolute atomic E-state index is 0.0665. The molecule has 0 bridgehead atoms. The van der Waals surface area contributed by atoms with Crippen LogP contribution in [-0.2, 0) is 0 Å². The van der Waals surface area contributed by atoms with Gasteiger partial charge in [0.25, 0.3) is 5.91 Å². The van der Waals surface area contributed by atoms with Crippen LogP contribution in [0.5, 0.6) is 0 Å². The van der Waals surface area contributed by atoms with Gasteiger partial charge in [0.15, 0.2) is 0 Å². The van der Waals surface area contributed by atoms with Crippen molar-refractivity contribution in [2.24, 2.45) is 0 Å². The monoisotopic (exact) mass is 369 g/mol. The number of rotatable bonds is 4. The Hall–Kier alpha value is 0.0900. The fraction of sp³-hybridized carbons (Fsp3) is 0.500. The molecule has 1 aromatic rings. The smallest absolute Gasteiger partial charge is 0.261 e. The molecule has 1 atom stereocenters. The number of carbonyl (C=O) groups excluding carboxylic acids is 1. The maximum Gasteiger partial charge on any atom is 0.261 e. The number of hydrogen-bond donors (Lipinski definition) is 2. The van der Waals surface area contributed by atoms with Crippen molar-refractivity contribution in [2.75, 3.05) is 6.61 Å². The summed E-state index contributed by atoms with van der Waals surface area (Å²) in [6.07, 6.45) is 0.683. The molecule has 0 spiro atoms. The van der Waals surface area contributed by atoms with E-state index in [1.807, 2.05) is 13.8 Å². The molecule has 0 saturated heterocycles. The van der Waals surface area contributed by atoms with Crippen molar-refractivity contribution < 1.29 is 9.90 Å². The summed E-state index contributed by atoms with van der Waals surface area (Å²) in [7, 11) is 0. The van der Waals surface area contributed by atoms with Gasteiger partial charge in [-0.05, 0) is 51.3 Å². The Bertz CT molecular complexity index is 369. The Balaban J connectivity index is 2.80. The van der Waals surface area contributed by atoms with Gasteiger partial charge in [-0.2, -0.15) is 0 Å². The molecule has 1 aromatic heterocycles. The molecule has 2 N–H and O–H groups in total. The quantitative estimate of drug-likeness (QED) is 0.855. The van der Waals surface area contributed by atoms with Crippen LogP contribution in [0, 0.1) is 0 Å². The van der Waals surface area contributed by atoms with Crippen LogP contribution in [0.1, 0.15) is 29.9 Å². The molecule has 90 valence electrons. The predicted octanol–water partition coefficient (Wildman–Crippen LogP) is 3.16. The molecular formula is C10H13Br2NO2S. The molecule has 0 aliphatic heterocycles. The van der Waals surface area contributed by atoms with E-state index in [-0.39, 0.29) is 12.5 Å². The lowest BCUT2D eigenvalue weighted by molar-refractivity contribution is 0.0851. The van der Waals surface area contributed by atoms with E-state index in [2.05, 4.69) is 37.2 Å². The Morgan fingerprint density at radius 3 is 2.62 bits per heavy atom. The summed E-state index contributed by atoms with van der Waals surface area (Å²) in [5.74, 6) is -0.158. The average Bonchev–Trinajstić information content (AvgIpc) is 2.59. The Morgan fingerprint density at radius 2 is 2.25 bits per heavy atom. The van der Waals surface area contributed by atoms with Crippen LogP contribution in [0.15, 0.2) is 14.3 Å². The molecule has 0 radical (unpaired) electrons. The van der Waals surface area contributed by atoms with Crippen molar-refractivity contribution in [1.82, 2.24) is 5.32 Å². The topological polar surface area (TPSA) is 49.3 Å². The van der Waals surface area contributed by atoms with E-state index in [1.54, 1.807) is 6.07 Å². The highest BCUT2D eigenvalue weighted by atomic mass is 79.9.